The third-order valence-corrected chi connectivity index (χ3v) is 5.37. The number of benzene rings is 3. The van der Waals surface area contributed by atoms with Crippen LogP contribution in [0.1, 0.15) is 27.2 Å². The number of carbonyl (C=O) groups excluding carboxylic acids is 1. The maximum Gasteiger partial charge on any atom is 0.273 e. The molecule has 1 amide bonds. The van der Waals surface area contributed by atoms with Crippen molar-refractivity contribution in [2.75, 3.05) is 5.32 Å². The van der Waals surface area contributed by atoms with Crippen molar-refractivity contribution in [1.82, 2.24) is 10.2 Å². The SMILES string of the molecule is O=C(Nc1ccc(OCc2ccccc2)cc1)c1[nH]nc2c1CCc1ccccc1-2. The number of aromatic nitrogens is 2. The lowest BCUT2D eigenvalue weighted by atomic mass is 9.89. The lowest BCUT2D eigenvalue weighted by Crippen LogP contribution is -2.15. The molecule has 0 saturated carbocycles. The summed E-state index contributed by atoms with van der Waals surface area (Å²) in [6.45, 7) is 0.508. The molecule has 0 bridgehead atoms. The van der Waals surface area contributed by atoms with E-state index in [9.17, 15) is 4.79 Å². The summed E-state index contributed by atoms with van der Waals surface area (Å²) in [7, 11) is 0. The minimum atomic E-state index is -0.180. The van der Waals surface area contributed by atoms with Gasteiger partial charge < -0.3 is 10.1 Å². The van der Waals surface area contributed by atoms with E-state index in [1.54, 1.807) is 0 Å². The van der Waals surface area contributed by atoms with Crippen LogP contribution < -0.4 is 10.1 Å². The van der Waals surface area contributed by atoms with Gasteiger partial charge in [0.2, 0.25) is 0 Å². The highest BCUT2D eigenvalue weighted by molar-refractivity contribution is 6.05. The number of fused-ring (bicyclic) bond motifs is 3. The lowest BCUT2D eigenvalue weighted by molar-refractivity contribution is 0.102. The predicted octanol–water partition coefficient (Wildman–Crippen LogP) is 5.01. The Morgan fingerprint density at radius 3 is 2.53 bits per heavy atom. The van der Waals surface area contributed by atoms with E-state index in [1.807, 2.05) is 66.7 Å². The standard InChI is InChI=1S/C25H21N3O2/c29-25(24-22-15-10-18-8-4-5-9-21(18)23(22)27-28-24)26-19-11-13-20(14-12-19)30-16-17-6-2-1-3-7-17/h1-9,11-14H,10,15-16H2,(H,26,29)(H,27,28). The van der Waals surface area contributed by atoms with Crippen molar-refractivity contribution in [3.63, 3.8) is 0 Å². The van der Waals surface area contributed by atoms with Crippen molar-refractivity contribution in [3.05, 3.63) is 101 Å². The van der Waals surface area contributed by atoms with Crippen LogP contribution in [0.15, 0.2) is 78.9 Å². The molecule has 0 aliphatic heterocycles. The molecule has 2 N–H and O–H groups in total. The third kappa shape index (κ3) is 3.57. The molecule has 5 heteroatoms. The lowest BCUT2D eigenvalue weighted by Gasteiger charge is -2.15. The van der Waals surface area contributed by atoms with Gasteiger partial charge in [0.25, 0.3) is 5.91 Å². The van der Waals surface area contributed by atoms with Gasteiger partial charge in [-0.05, 0) is 48.2 Å². The van der Waals surface area contributed by atoms with E-state index in [4.69, 9.17) is 4.74 Å². The number of anilines is 1. The minimum Gasteiger partial charge on any atom is -0.489 e. The highest BCUT2D eigenvalue weighted by atomic mass is 16.5. The number of nitrogens with zero attached hydrogens (tertiary/aromatic N) is 1. The van der Waals surface area contributed by atoms with Crippen molar-refractivity contribution in [1.29, 1.82) is 0 Å². The van der Waals surface area contributed by atoms with E-state index in [-0.39, 0.29) is 5.91 Å². The van der Waals surface area contributed by atoms with Crippen molar-refractivity contribution in [2.24, 2.45) is 0 Å². The molecule has 0 atom stereocenters. The molecule has 0 spiro atoms. The highest BCUT2D eigenvalue weighted by Gasteiger charge is 2.25. The monoisotopic (exact) mass is 395 g/mol. The molecule has 1 aliphatic carbocycles. The molecule has 30 heavy (non-hydrogen) atoms. The zero-order valence-electron chi connectivity index (χ0n) is 16.4. The van der Waals surface area contributed by atoms with Gasteiger partial charge in [0.1, 0.15) is 18.1 Å². The normalized spacial score (nSPS) is 12.0. The van der Waals surface area contributed by atoms with Crippen molar-refractivity contribution in [3.8, 4) is 17.0 Å². The Kier molecular flexibility index (Phi) is 4.77. The average Bonchev–Trinajstić information content (AvgIpc) is 3.24. The fourth-order valence-electron chi connectivity index (χ4n) is 3.82. The maximum absolute atomic E-state index is 12.8. The molecule has 1 heterocycles. The number of hydrogen-bond acceptors (Lipinski definition) is 3. The first-order valence-corrected chi connectivity index (χ1v) is 10.0. The highest BCUT2D eigenvalue weighted by Crippen LogP contribution is 2.33. The number of aryl methyl sites for hydroxylation is 1. The topological polar surface area (TPSA) is 67.0 Å². The number of amides is 1. The molecule has 0 radical (unpaired) electrons. The van der Waals surface area contributed by atoms with Crippen LogP contribution in [-0.2, 0) is 19.4 Å². The van der Waals surface area contributed by atoms with Crippen LogP contribution in [0.2, 0.25) is 0 Å². The van der Waals surface area contributed by atoms with Gasteiger partial charge in [-0.25, -0.2) is 0 Å². The average molecular weight is 395 g/mol. The van der Waals surface area contributed by atoms with E-state index in [0.717, 1.165) is 41.0 Å². The van der Waals surface area contributed by atoms with E-state index in [1.165, 1.54) is 5.56 Å². The predicted molar refractivity (Wildman–Crippen MR) is 117 cm³/mol. The summed E-state index contributed by atoms with van der Waals surface area (Å²) >= 11 is 0. The minimum absolute atomic E-state index is 0.180. The summed E-state index contributed by atoms with van der Waals surface area (Å²) in [4.78, 5) is 12.8. The van der Waals surface area contributed by atoms with Crippen LogP contribution in [0.25, 0.3) is 11.3 Å². The van der Waals surface area contributed by atoms with Gasteiger partial charge in [-0.2, -0.15) is 5.10 Å². The Balaban J connectivity index is 1.27. The first kappa shape index (κ1) is 18.2. The van der Waals surface area contributed by atoms with Crippen molar-refractivity contribution in [2.45, 2.75) is 19.4 Å². The summed E-state index contributed by atoms with van der Waals surface area (Å²) in [5.41, 5.74) is 6.60. The second kappa shape index (κ2) is 7.87. The van der Waals surface area contributed by atoms with Gasteiger partial charge in [0, 0.05) is 16.8 Å². The van der Waals surface area contributed by atoms with Gasteiger partial charge in [-0.1, -0.05) is 54.6 Å². The zero-order valence-corrected chi connectivity index (χ0v) is 16.4. The number of hydrogen-bond donors (Lipinski definition) is 2. The van der Waals surface area contributed by atoms with Gasteiger partial charge in [-0.15, -0.1) is 0 Å². The van der Waals surface area contributed by atoms with E-state index >= 15 is 0 Å². The summed E-state index contributed by atoms with van der Waals surface area (Å²) in [5, 5.41) is 10.3. The summed E-state index contributed by atoms with van der Waals surface area (Å²) in [6, 6.07) is 25.6. The Labute approximate surface area is 174 Å². The molecular weight excluding hydrogens is 374 g/mol. The van der Waals surface area contributed by atoms with Crippen LogP contribution in [-0.4, -0.2) is 16.1 Å². The smallest absolute Gasteiger partial charge is 0.273 e. The zero-order chi connectivity index (χ0) is 20.3. The summed E-state index contributed by atoms with van der Waals surface area (Å²) in [5.74, 6) is 0.577. The molecule has 0 saturated heterocycles. The molecule has 3 aromatic carbocycles. The maximum atomic E-state index is 12.8. The molecule has 148 valence electrons. The first-order valence-electron chi connectivity index (χ1n) is 10.0. The molecule has 1 aliphatic rings. The van der Waals surface area contributed by atoms with Crippen LogP contribution >= 0.6 is 0 Å². The van der Waals surface area contributed by atoms with E-state index < -0.39 is 0 Å². The van der Waals surface area contributed by atoms with Crippen LogP contribution in [0.5, 0.6) is 5.75 Å². The number of aromatic amines is 1. The van der Waals surface area contributed by atoms with Crippen LogP contribution in [0, 0.1) is 0 Å². The molecule has 4 aromatic rings. The summed E-state index contributed by atoms with van der Waals surface area (Å²) < 4.78 is 5.80. The Morgan fingerprint density at radius 1 is 0.933 bits per heavy atom. The second-order valence-corrected chi connectivity index (χ2v) is 7.34. The molecule has 1 aromatic heterocycles. The van der Waals surface area contributed by atoms with E-state index in [0.29, 0.717) is 18.0 Å². The Morgan fingerprint density at radius 2 is 1.70 bits per heavy atom. The fraction of sp³-hybridized carbons (Fsp3) is 0.120. The van der Waals surface area contributed by atoms with Gasteiger partial charge >= 0.3 is 0 Å². The number of nitrogens with one attached hydrogen (secondary N) is 2. The van der Waals surface area contributed by atoms with E-state index in [2.05, 4.69) is 27.6 Å². The molecule has 0 fully saturated rings. The quantitative estimate of drug-likeness (QED) is 0.499. The number of carbonyl (C=O) groups is 1. The fourth-order valence-corrected chi connectivity index (χ4v) is 3.82. The van der Waals surface area contributed by atoms with Gasteiger partial charge in [-0.3, -0.25) is 9.89 Å². The first-order chi connectivity index (χ1) is 14.8. The number of ether oxygens (including phenoxy) is 1. The Bertz CT molecular complexity index is 1180. The number of rotatable bonds is 5. The largest absolute Gasteiger partial charge is 0.489 e. The van der Waals surface area contributed by atoms with Crippen LogP contribution in [0.4, 0.5) is 5.69 Å². The summed E-state index contributed by atoms with van der Waals surface area (Å²) in [6.07, 6.45) is 1.72. The van der Waals surface area contributed by atoms with Crippen molar-refractivity contribution >= 4 is 11.6 Å². The Hall–Kier alpha value is -3.86. The molecule has 5 rings (SSSR count). The van der Waals surface area contributed by atoms with Crippen molar-refractivity contribution < 1.29 is 9.53 Å². The molecule has 0 unspecified atom stereocenters. The third-order valence-electron chi connectivity index (χ3n) is 5.37. The van der Waals surface area contributed by atoms with Crippen LogP contribution in [0.3, 0.4) is 0 Å². The second-order valence-electron chi connectivity index (χ2n) is 7.34. The number of H-pyrrole nitrogens is 1. The van der Waals surface area contributed by atoms with Gasteiger partial charge in [0.05, 0.1) is 5.69 Å². The molecular formula is C25H21N3O2. The molecule has 5 nitrogen and oxygen atoms in total. The van der Waals surface area contributed by atoms with Gasteiger partial charge in [0.15, 0.2) is 0 Å².